The van der Waals surface area contributed by atoms with E-state index >= 15 is 0 Å². The number of hydrogen-bond acceptors (Lipinski definition) is 3. The zero-order valence-electron chi connectivity index (χ0n) is 16.8. The molecule has 0 saturated carbocycles. The normalized spacial score (nSPS) is 13.3. The van der Waals surface area contributed by atoms with Crippen LogP contribution < -0.4 is 10.4 Å². The number of carbonyl (C=O) groups excluding carboxylic acids is 2. The highest BCUT2D eigenvalue weighted by atomic mass is 16.2. The van der Waals surface area contributed by atoms with E-state index in [1.54, 1.807) is 6.07 Å². The number of hydrogen-bond donors (Lipinski definition) is 1. The van der Waals surface area contributed by atoms with Crippen LogP contribution in [0.25, 0.3) is 0 Å². The molecule has 5 nitrogen and oxygen atoms in total. The standard InChI is InChI=1S/C25H25N3O2/c29-24-15-8-16-27(24)18-21-11-7-12-22(17-21)25(30)26-28(23-13-5-2-6-14-23)19-20-9-3-1-4-10-20/h1-7,9-14,17H,8,15-16,18-19H2,(H,26,30). The minimum absolute atomic E-state index is 0.176. The van der Waals surface area contributed by atoms with Gasteiger partial charge in [-0.1, -0.05) is 60.7 Å². The van der Waals surface area contributed by atoms with E-state index < -0.39 is 0 Å². The molecule has 0 unspecified atom stereocenters. The highest BCUT2D eigenvalue weighted by molar-refractivity contribution is 5.95. The molecule has 30 heavy (non-hydrogen) atoms. The fraction of sp³-hybridized carbons (Fsp3) is 0.200. The molecule has 0 aliphatic carbocycles. The van der Waals surface area contributed by atoms with Gasteiger partial charge in [-0.15, -0.1) is 0 Å². The van der Waals surface area contributed by atoms with E-state index in [1.807, 2.05) is 88.8 Å². The maximum atomic E-state index is 13.0. The van der Waals surface area contributed by atoms with Crippen molar-refractivity contribution in [3.8, 4) is 0 Å². The molecule has 1 fully saturated rings. The van der Waals surface area contributed by atoms with Gasteiger partial charge in [-0.2, -0.15) is 0 Å². The maximum Gasteiger partial charge on any atom is 0.269 e. The van der Waals surface area contributed by atoms with Crippen LogP contribution in [0.4, 0.5) is 5.69 Å². The summed E-state index contributed by atoms with van der Waals surface area (Å²) in [6.45, 7) is 1.89. The van der Waals surface area contributed by atoms with Crippen LogP contribution in [0.5, 0.6) is 0 Å². The van der Waals surface area contributed by atoms with Crippen LogP contribution in [-0.4, -0.2) is 23.3 Å². The summed E-state index contributed by atoms with van der Waals surface area (Å²) in [6.07, 6.45) is 1.52. The summed E-state index contributed by atoms with van der Waals surface area (Å²) in [7, 11) is 0. The summed E-state index contributed by atoms with van der Waals surface area (Å²) in [5.41, 5.74) is 6.59. The Morgan fingerprint density at radius 1 is 0.900 bits per heavy atom. The van der Waals surface area contributed by atoms with Crippen LogP contribution in [0, 0.1) is 0 Å². The van der Waals surface area contributed by atoms with Gasteiger partial charge >= 0.3 is 0 Å². The lowest BCUT2D eigenvalue weighted by Gasteiger charge is -2.26. The van der Waals surface area contributed by atoms with Crippen molar-refractivity contribution < 1.29 is 9.59 Å². The van der Waals surface area contributed by atoms with Crippen molar-refractivity contribution in [2.24, 2.45) is 0 Å². The van der Waals surface area contributed by atoms with E-state index in [2.05, 4.69) is 5.43 Å². The molecule has 1 N–H and O–H groups in total. The molecular formula is C25H25N3O2. The van der Waals surface area contributed by atoms with Crippen LogP contribution >= 0.6 is 0 Å². The predicted octanol–water partition coefficient (Wildman–Crippen LogP) is 4.16. The summed E-state index contributed by atoms with van der Waals surface area (Å²) in [5.74, 6) is 0.00681. The largest absolute Gasteiger partial charge is 0.338 e. The van der Waals surface area contributed by atoms with Gasteiger partial charge in [0.25, 0.3) is 5.91 Å². The Kier molecular flexibility index (Phi) is 6.09. The van der Waals surface area contributed by atoms with E-state index in [0.29, 0.717) is 25.1 Å². The molecule has 0 spiro atoms. The van der Waals surface area contributed by atoms with Crippen molar-refractivity contribution in [3.05, 3.63) is 102 Å². The molecule has 0 bridgehead atoms. The number of carbonyl (C=O) groups is 2. The number of anilines is 1. The first-order valence-electron chi connectivity index (χ1n) is 10.2. The quantitative estimate of drug-likeness (QED) is 0.607. The Bertz CT molecular complexity index is 1010. The lowest BCUT2D eigenvalue weighted by molar-refractivity contribution is -0.128. The first kappa shape index (κ1) is 19.7. The van der Waals surface area contributed by atoms with E-state index in [0.717, 1.165) is 29.8 Å². The minimum atomic E-state index is -0.176. The maximum absolute atomic E-state index is 13.0. The molecule has 152 valence electrons. The van der Waals surface area contributed by atoms with Crippen molar-refractivity contribution in [1.82, 2.24) is 10.3 Å². The van der Waals surface area contributed by atoms with Crippen molar-refractivity contribution in [2.45, 2.75) is 25.9 Å². The number of rotatable bonds is 7. The third-order valence-corrected chi connectivity index (χ3v) is 5.22. The Morgan fingerprint density at radius 3 is 2.30 bits per heavy atom. The van der Waals surface area contributed by atoms with Gasteiger partial charge in [-0.25, -0.2) is 0 Å². The van der Waals surface area contributed by atoms with Gasteiger partial charge in [0, 0.05) is 25.1 Å². The van der Waals surface area contributed by atoms with Crippen molar-refractivity contribution in [1.29, 1.82) is 0 Å². The molecule has 3 aromatic carbocycles. The Hall–Kier alpha value is -3.60. The number of likely N-dealkylation sites (tertiary alicyclic amines) is 1. The number of benzene rings is 3. The van der Waals surface area contributed by atoms with E-state index in [-0.39, 0.29) is 11.8 Å². The monoisotopic (exact) mass is 399 g/mol. The first-order chi connectivity index (χ1) is 14.7. The Labute approximate surface area is 176 Å². The van der Waals surface area contributed by atoms with Crippen LogP contribution in [0.1, 0.15) is 34.3 Å². The highest BCUT2D eigenvalue weighted by Gasteiger charge is 2.20. The van der Waals surface area contributed by atoms with Gasteiger partial charge in [-0.05, 0) is 41.8 Å². The number of amides is 2. The summed E-state index contributed by atoms with van der Waals surface area (Å²) >= 11 is 0. The molecule has 4 rings (SSSR count). The summed E-state index contributed by atoms with van der Waals surface area (Å²) < 4.78 is 0. The SMILES string of the molecule is O=C(NN(Cc1ccccc1)c1ccccc1)c1cccc(CN2CCCC2=O)c1. The van der Waals surface area contributed by atoms with Crippen LogP contribution in [-0.2, 0) is 17.9 Å². The van der Waals surface area contributed by atoms with Gasteiger partial charge < -0.3 is 4.90 Å². The molecule has 3 aromatic rings. The fourth-order valence-corrected chi connectivity index (χ4v) is 3.66. The summed E-state index contributed by atoms with van der Waals surface area (Å²) in [6, 6.07) is 27.3. The Balaban J connectivity index is 1.50. The zero-order chi connectivity index (χ0) is 20.8. The lowest BCUT2D eigenvalue weighted by Crippen LogP contribution is -2.42. The summed E-state index contributed by atoms with van der Waals surface area (Å²) in [4.78, 5) is 26.8. The van der Waals surface area contributed by atoms with Gasteiger partial charge in [0.15, 0.2) is 0 Å². The zero-order valence-corrected chi connectivity index (χ0v) is 16.8. The van der Waals surface area contributed by atoms with Gasteiger partial charge in [0.05, 0.1) is 12.2 Å². The second-order valence-corrected chi connectivity index (χ2v) is 7.47. The van der Waals surface area contributed by atoms with Crippen LogP contribution in [0.2, 0.25) is 0 Å². The van der Waals surface area contributed by atoms with Crippen molar-refractivity contribution in [2.75, 3.05) is 11.6 Å². The number of hydrazine groups is 1. The van der Waals surface area contributed by atoms with Gasteiger partial charge in [-0.3, -0.25) is 20.0 Å². The van der Waals surface area contributed by atoms with E-state index in [4.69, 9.17) is 0 Å². The van der Waals surface area contributed by atoms with Crippen molar-refractivity contribution >= 4 is 17.5 Å². The smallest absolute Gasteiger partial charge is 0.269 e. The predicted molar refractivity (Wildman–Crippen MR) is 118 cm³/mol. The van der Waals surface area contributed by atoms with Crippen LogP contribution in [0.3, 0.4) is 0 Å². The fourth-order valence-electron chi connectivity index (χ4n) is 3.66. The third-order valence-electron chi connectivity index (χ3n) is 5.22. The molecule has 0 atom stereocenters. The highest BCUT2D eigenvalue weighted by Crippen LogP contribution is 2.17. The molecule has 1 saturated heterocycles. The van der Waals surface area contributed by atoms with Crippen molar-refractivity contribution in [3.63, 3.8) is 0 Å². The van der Waals surface area contributed by atoms with E-state index in [1.165, 1.54) is 0 Å². The van der Waals surface area contributed by atoms with Gasteiger partial charge in [0.1, 0.15) is 0 Å². The lowest BCUT2D eigenvalue weighted by atomic mass is 10.1. The summed E-state index contributed by atoms with van der Waals surface area (Å²) in [5, 5.41) is 1.86. The topological polar surface area (TPSA) is 52.7 Å². The minimum Gasteiger partial charge on any atom is -0.338 e. The molecule has 1 aliphatic heterocycles. The number of nitrogens with zero attached hydrogens (tertiary/aromatic N) is 2. The average molecular weight is 399 g/mol. The molecule has 0 aromatic heterocycles. The molecule has 2 amide bonds. The Morgan fingerprint density at radius 2 is 1.60 bits per heavy atom. The third kappa shape index (κ3) is 4.87. The van der Waals surface area contributed by atoms with Gasteiger partial charge in [0.2, 0.25) is 5.91 Å². The molecule has 1 aliphatic rings. The number of nitrogens with one attached hydrogen (secondary N) is 1. The van der Waals surface area contributed by atoms with Crippen LogP contribution in [0.15, 0.2) is 84.9 Å². The molecule has 5 heteroatoms. The molecule has 0 radical (unpaired) electrons. The second-order valence-electron chi connectivity index (χ2n) is 7.47. The van der Waals surface area contributed by atoms with E-state index in [9.17, 15) is 9.59 Å². The average Bonchev–Trinajstić information content (AvgIpc) is 3.19. The molecular weight excluding hydrogens is 374 g/mol. The first-order valence-corrected chi connectivity index (χ1v) is 10.2. The molecule has 1 heterocycles. The number of para-hydroxylation sites is 1. The second kappa shape index (κ2) is 9.27.